The standard InChI is InChI=1S/C13H25N3O/c1-10-8-16(9-11(2)14-10)12(3)13(17)15-6-4-5-7-15/h10-12,14H,4-9H2,1-3H3. The van der Waals surface area contributed by atoms with E-state index < -0.39 is 0 Å². The first kappa shape index (κ1) is 12.8. The summed E-state index contributed by atoms with van der Waals surface area (Å²) in [6, 6.07) is 1.00. The van der Waals surface area contributed by atoms with Crippen LogP contribution in [0, 0.1) is 0 Å². The number of carbonyl (C=O) groups is 1. The van der Waals surface area contributed by atoms with Gasteiger partial charge in [0.2, 0.25) is 5.91 Å². The van der Waals surface area contributed by atoms with Crippen LogP contribution in [0.25, 0.3) is 0 Å². The van der Waals surface area contributed by atoms with E-state index in [1.165, 1.54) is 12.8 Å². The summed E-state index contributed by atoms with van der Waals surface area (Å²) in [5.74, 6) is 0.323. The highest BCUT2D eigenvalue weighted by atomic mass is 16.2. The van der Waals surface area contributed by atoms with Gasteiger partial charge in [-0.2, -0.15) is 0 Å². The number of piperazine rings is 1. The molecule has 2 aliphatic heterocycles. The fourth-order valence-corrected chi connectivity index (χ4v) is 3.04. The molecule has 1 amide bonds. The lowest BCUT2D eigenvalue weighted by Crippen LogP contribution is -2.59. The van der Waals surface area contributed by atoms with Crippen molar-refractivity contribution in [1.82, 2.24) is 15.1 Å². The number of nitrogens with zero attached hydrogens (tertiary/aromatic N) is 2. The molecule has 2 aliphatic rings. The number of hydrogen-bond donors (Lipinski definition) is 1. The second kappa shape index (κ2) is 5.36. The molecule has 0 bridgehead atoms. The van der Waals surface area contributed by atoms with Crippen LogP contribution in [0.4, 0.5) is 0 Å². The summed E-state index contributed by atoms with van der Waals surface area (Å²) in [6.45, 7) is 10.3. The maximum absolute atomic E-state index is 12.3. The summed E-state index contributed by atoms with van der Waals surface area (Å²) >= 11 is 0. The number of rotatable bonds is 2. The van der Waals surface area contributed by atoms with E-state index in [1.807, 2.05) is 4.90 Å². The zero-order valence-corrected chi connectivity index (χ0v) is 11.3. The Balaban J connectivity index is 1.93. The summed E-state index contributed by atoms with van der Waals surface area (Å²) in [4.78, 5) is 16.7. The van der Waals surface area contributed by atoms with Crippen LogP contribution in [0.15, 0.2) is 0 Å². The number of amides is 1. The third kappa shape index (κ3) is 2.99. The molecule has 0 radical (unpaired) electrons. The number of hydrogen-bond acceptors (Lipinski definition) is 3. The van der Waals surface area contributed by atoms with E-state index in [2.05, 4.69) is 31.0 Å². The van der Waals surface area contributed by atoms with E-state index in [9.17, 15) is 4.79 Å². The Hall–Kier alpha value is -0.610. The quantitative estimate of drug-likeness (QED) is 0.770. The first-order valence-corrected chi connectivity index (χ1v) is 6.87. The van der Waals surface area contributed by atoms with Gasteiger partial charge in [0.05, 0.1) is 6.04 Å². The van der Waals surface area contributed by atoms with E-state index in [1.54, 1.807) is 0 Å². The van der Waals surface area contributed by atoms with Crippen LogP contribution in [0.3, 0.4) is 0 Å². The molecule has 4 nitrogen and oxygen atoms in total. The molecule has 17 heavy (non-hydrogen) atoms. The maximum Gasteiger partial charge on any atom is 0.239 e. The van der Waals surface area contributed by atoms with Crippen LogP contribution < -0.4 is 5.32 Å². The van der Waals surface area contributed by atoms with E-state index in [0.29, 0.717) is 18.0 Å². The van der Waals surface area contributed by atoms with Crippen LogP contribution in [0.5, 0.6) is 0 Å². The number of likely N-dealkylation sites (tertiary alicyclic amines) is 1. The molecule has 0 aliphatic carbocycles. The predicted octanol–water partition coefficient (Wildman–Crippen LogP) is 0.680. The van der Waals surface area contributed by atoms with Gasteiger partial charge in [-0.05, 0) is 33.6 Å². The van der Waals surface area contributed by atoms with Crippen molar-refractivity contribution in [1.29, 1.82) is 0 Å². The monoisotopic (exact) mass is 239 g/mol. The Labute approximate surface area is 104 Å². The molecule has 3 unspecified atom stereocenters. The first-order chi connectivity index (χ1) is 8.08. The Morgan fingerprint density at radius 2 is 1.71 bits per heavy atom. The SMILES string of the molecule is CC1CN(C(C)C(=O)N2CCCC2)CC(C)N1. The Morgan fingerprint density at radius 1 is 1.18 bits per heavy atom. The molecule has 1 N–H and O–H groups in total. The minimum Gasteiger partial charge on any atom is -0.341 e. The average molecular weight is 239 g/mol. The van der Waals surface area contributed by atoms with Crippen molar-refractivity contribution >= 4 is 5.91 Å². The van der Waals surface area contributed by atoms with E-state index in [-0.39, 0.29) is 6.04 Å². The van der Waals surface area contributed by atoms with Crippen molar-refractivity contribution < 1.29 is 4.79 Å². The molecule has 0 aromatic carbocycles. The van der Waals surface area contributed by atoms with Gasteiger partial charge in [0.25, 0.3) is 0 Å². The van der Waals surface area contributed by atoms with Crippen molar-refractivity contribution in [3.63, 3.8) is 0 Å². The van der Waals surface area contributed by atoms with Gasteiger partial charge in [-0.15, -0.1) is 0 Å². The molecule has 0 aromatic rings. The minimum atomic E-state index is 0.0418. The molecule has 2 rings (SSSR count). The van der Waals surface area contributed by atoms with Crippen molar-refractivity contribution in [3.8, 4) is 0 Å². The van der Waals surface area contributed by atoms with Crippen LogP contribution in [0.2, 0.25) is 0 Å². The second-order valence-corrected chi connectivity index (χ2v) is 5.63. The van der Waals surface area contributed by atoms with Gasteiger partial charge in [-0.3, -0.25) is 9.69 Å². The molecule has 0 spiro atoms. The molecule has 2 fully saturated rings. The lowest BCUT2D eigenvalue weighted by Gasteiger charge is -2.40. The van der Waals surface area contributed by atoms with Crippen LogP contribution in [-0.2, 0) is 4.79 Å². The Bertz CT molecular complexity index is 266. The average Bonchev–Trinajstić information content (AvgIpc) is 2.79. The summed E-state index contributed by atoms with van der Waals surface area (Å²) in [5, 5.41) is 3.51. The predicted molar refractivity (Wildman–Crippen MR) is 68.9 cm³/mol. The lowest BCUT2D eigenvalue weighted by atomic mass is 10.1. The fraction of sp³-hybridized carbons (Fsp3) is 0.923. The van der Waals surface area contributed by atoms with Gasteiger partial charge in [0, 0.05) is 38.3 Å². The second-order valence-electron chi connectivity index (χ2n) is 5.63. The Kier molecular flexibility index (Phi) is 4.05. The van der Waals surface area contributed by atoms with E-state index >= 15 is 0 Å². The number of carbonyl (C=O) groups excluding carboxylic acids is 1. The van der Waals surface area contributed by atoms with Crippen LogP contribution in [0.1, 0.15) is 33.6 Å². The molecule has 2 heterocycles. The van der Waals surface area contributed by atoms with Gasteiger partial charge >= 0.3 is 0 Å². The first-order valence-electron chi connectivity index (χ1n) is 6.87. The van der Waals surface area contributed by atoms with E-state index in [4.69, 9.17) is 0 Å². The smallest absolute Gasteiger partial charge is 0.239 e. The molecular weight excluding hydrogens is 214 g/mol. The molecule has 3 atom stereocenters. The highest BCUT2D eigenvalue weighted by Crippen LogP contribution is 2.14. The molecule has 98 valence electrons. The summed E-state index contributed by atoms with van der Waals surface area (Å²) in [7, 11) is 0. The Morgan fingerprint density at radius 3 is 2.24 bits per heavy atom. The maximum atomic E-state index is 12.3. The summed E-state index contributed by atoms with van der Waals surface area (Å²) in [6.07, 6.45) is 2.35. The zero-order chi connectivity index (χ0) is 12.4. The highest BCUT2D eigenvalue weighted by Gasteiger charge is 2.31. The molecule has 0 aromatic heterocycles. The third-order valence-electron chi connectivity index (χ3n) is 3.91. The largest absolute Gasteiger partial charge is 0.341 e. The van der Waals surface area contributed by atoms with Crippen molar-refractivity contribution in [2.24, 2.45) is 0 Å². The molecule has 4 heteroatoms. The van der Waals surface area contributed by atoms with Crippen LogP contribution >= 0.6 is 0 Å². The van der Waals surface area contributed by atoms with Crippen LogP contribution in [-0.4, -0.2) is 60.0 Å². The molecule has 0 saturated carbocycles. The van der Waals surface area contributed by atoms with Crippen molar-refractivity contribution in [3.05, 3.63) is 0 Å². The zero-order valence-electron chi connectivity index (χ0n) is 11.3. The van der Waals surface area contributed by atoms with Gasteiger partial charge < -0.3 is 10.2 Å². The molecular formula is C13H25N3O. The van der Waals surface area contributed by atoms with Crippen molar-refractivity contribution in [2.45, 2.75) is 51.7 Å². The summed E-state index contributed by atoms with van der Waals surface area (Å²) < 4.78 is 0. The third-order valence-corrected chi connectivity index (χ3v) is 3.91. The minimum absolute atomic E-state index is 0.0418. The van der Waals surface area contributed by atoms with Crippen molar-refractivity contribution in [2.75, 3.05) is 26.2 Å². The summed E-state index contributed by atoms with van der Waals surface area (Å²) in [5.41, 5.74) is 0. The van der Waals surface area contributed by atoms with Gasteiger partial charge in [-0.25, -0.2) is 0 Å². The highest BCUT2D eigenvalue weighted by molar-refractivity contribution is 5.81. The molecule has 2 saturated heterocycles. The lowest BCUT2D eigenvalue weighted by molar-refractivity contribution is -0.136. The van der Waals surface area contributed by atoms with Gasteiger partial charge in [0.1, 0.15) is 0 Å². The number of nitrogens with one attached hydrogen (secondary N) is 1. The normalized spacial score (nSPS) is 32.8. The topological polar surface area (TPSA) is 35.6 Å². The van der Waals surface area contributed by atoms with Gasteiger partial charge in [0.15, 0.2) is 0 Å². The fourth-order valence-electron chi connectivity index (χ4n) is 3.04. The van der Waals surface area contributed by atoms with E-state index in [0.717, 1.165) is 26.2 Å². The van der Waals surface area contributed by atoms with Gasteiger partial charge in [-0.1, -0.05) is 0 Å².